The van der Waals surface area contributed by atoms with Gasteiger partial charge in [0.25, 0.3) is 0 Å². The van der Waals surface area contributed by atoms with E-state index in [2.05, 4.69) is 41.4 Å². The van der Waals surface area contributed by atoms with Crippen LogP contribution in [-0.4, -0.2) is 65.0 Å². The Kier molecular flexibility index (Phi) is 7.76. The maximum atomic E-state index is 14.2. The van der Waals surface area contributed by atoms with Gasteiger partial charge in [0.15, 0.2) is 12.0 Å². The van der Waals surface area contributed by atoms with Crippen molar-refractivity contribution in [2.45, 2.75) is 96.9 Å². The lowest BCUT2D eigenvalue weighted by atomic mass is 9.64. The third kappa shape index (κ3) is 5.76. The zero-order chi connectivity index (χ0) is 26.0. The first-order valence-electron chi connectivity index (χ1n) is 13.2. The summed E-state index contributed by atoms with van der Waals surface area (Å²) in [5.74, 6) is -0.633. The molecule has 9 heteroatoms. The highest BCUT2D eigenvalue weighted by Crippen LogP contribution is 2.44. The Bertz CT molecular complexity index is 1020. The van der Waals surface area contributed by atoms with E-state index in [1.807, 2.05) is 4.90 Å². The number of amidine groups is 1. The topological polar surface area (TPSA) is 103 Å². The predicted octanol–water partition coefficient (Wildman–Crippen LogP) is 3.24. The first-order chi connectivity index (χ1) is 17.1. The number of fused-ring (bicyclic) bond motifs is 1. The van der Waals surface area contributed by atoms with Crippen molar-refractivity contribution in [3.8, 4) is 0 Å². The van der Waals surface area contributed by atoms with Crippen LogP contribution in [0.4, 0.5) is 4.39 Å². The monoisotopic (exact) mass is 499 g/mol. The molecule has 36 heavy (non-hydrogen) atoms. The molecule has 2 aliphatic heterocycles. The van der Waals surface area contributed by atoms with Gasteiger partial charge < -0.3 is 15.5 Å². The summed E-state index contributed by atoms with van der Waals surface area (Å²) >= 11 is 0. The molecule has 2 fully saturated rings. The van der Waals surface area contributed by atoms with E-state index >= 15 is 0 Å². The third-order valence-corrected chi connectivity index (χ3v) is 7.67. The molecule has 0 aromatic carbocycles. The molecular formula is C27H38FN5O3. The van der Waals surface area contributed by atoms with Gasteiger partial charge in [0.1, 0.15) is 11.8 Å². The van der Waals surface area contributed by atoms with Crippen molar-refractivity contribution in [2.75, 3.05) is 6.54 Å². The number of allylic oxidation sites excluding steroid dienone is 4. The quantitative estimate of drug-likeness (QED) is 0.536. The van der Waals surface area contributed by atoms with Crippen molar-refractivity contribution < 1.29 is 18.8 Å². The number of hydrogen-bond acceptors (Lipinski definition) is 5. The summed E-state index contributed by atoms with van der Waals surface area (Å²) in [4.78, 5) is 50.1. The molecule has 8 nitrogen and oxygen atoms in total. The lowest BCUT2D eigenvalue weighted by molar-refractivity contribution is -0.140. The summed E-state index contributed by atoms with van der Waals surface area (Å²) in [6, 6.07) is -1.44. The van der Waals surface area contributed by atoms with Gasteiger partial charge in [-0.2, -0.15) is 0 Å². The van der Waals surface area contributed by atoms with Crippen LogP contribution in [0.3, 0.4) is 0 Å². The molecule has 196 valence electrons. The van der Waals surface area contributed by atoms with Crippen LogP contribution in [0.15, 0.2) is 33.9 Å². The maximum Gasteiger partial charge on any atom is 0.243 e. The summed E-state index contributed by atoms with van der Waals surface area (Å²) in [5, 5.41) is 5.70. The van der Waals surface area contributed by atoms with E-state index in [9.17, 15) is 18.8 Å². The van der Waals surface area contributed by atoms with Gasteiger partial charge in [0.2, 0.25) is 17.7 Å². The first kappa shape index (κ1) is 26.2. The maximum absolute atomic E-state index is 14.2. The molecule has 4 aliphatic rings. The van der Waals surface area contributed by atoms with Crippen molar-refractivity contribution in [3.63, 3.8) is 0 Å². The number of halogens is 1. The van der Waals surface area contributed by atoms with Crippen LogP contribution >= 0.6 is 0 Å². The zero-order valence-corrected chi connectivity index (χ0v) is 21.7. The lowest BCUT2D eigenvalue weighted by Crippen LogP contribution is -2.55. The zero-order valence-electron chi connectivity index (χ0n) is 21.7. The molecule has 0 spiro atoms. The second-order valence-electron chi connectivity index (χ2n) is 11.2. The Morgan fingerprint density at radius 3 is 2.61 bits per heavy atom. The summed E-state index contributed by atoms with van der Waals surface area (Å²) in [6.45, 7) is 8.68. The largest absolute Gasteiger partial charge is 0.345 e. The highest BCUT2D eigenvalue weighted by molar-refractivity contribution is 6.17. The summed E-state index contributed by atoms with van der Waals surface area (Å²) in [6.07, 6.45) is 8.61. The van der Waals surface area contributed by atoms with Crippen molar-refractivity contribution in [3.05, 3.63) is 23.9 Å². The van der Waals surface area contributed by atoms with E-state index in [1.54, 1.807) is 19.1 Å². The summed E-state index contributed by atoms with van der Waals surface area (Å²) in [5.41, 5.74) is 0.794. The predicted molar refractivity (Wildman–Crippen MR) is 137 cm³/mol. The second kappa shape index (κ2) is 10.6. The number of carbonyl (C=O) groups excluding carboxylic acids is 3. The SMILES string of the molecule is CC[C@H]1CCCCN1C(=O)C[C@H](NC(=O)C1CC(C)(C)C1)C(=O)N[C@@H](C)C1=NC2=CC=CC(F)C2=N1. The standard InChI is InChI=1S/C27H38FN5O3/c1-5-18-9-6-7-12-33(18)22(34)13-21(31-25(35)17-14-27(3,4)15-17)26(36)29-16(2)24-30-20-11-8-10-19(28)23(20)32-24/h8,10-11,16-19,21H,5-7,9,12-15H2,1-4H3,(H,29,36)(H,31,35)/t16-,18-,19?,21-/m0/s1. The van der Waals surface area contributed by atoms with E-state index in [1.165, 1.54) is 6.08 Å². The van der Waals surface area contributed by atoms with Crippen molar-refractivity contribution >= 4 is 29.3 Å². The lowest BCUT2D eigenvalue weighted by Gasteiger charge is -2.42. The van der Waals surface area contributed by atoms with Crippen LogP contribution < -0.4 is 10.6 Å². The third-order valence-electron chi connectivity index (χ3n) is 7.67. The number of hydrogen-bond donors (Lipinski definition) is 2. The number of piperidine rings is 1. The Hall–Kier alpha value is -2.84. The normalized spacial score (nSPS) is 26.6. The van der Waals surface area contributed by atoms with Crippen molar-refractivity contribution in [2.24, 2.45) is 21.3 Å². The van der Waals surface area contributed by atoms with Gasteiger partial charge in [-0.15, -0.1) is 0 Å². The molecule has 2 heterocycles. The minimum Gasteiger partial charge on any atom is -0.345 e. The number of nitrogens with one attached hydrogen (secondary N) is 2. The summed E-state index contributed by atoms with van der Waals surface area (Å²) in [7, 11) is 0. The number of carbonyl (C=O) groups is 3. The average molecular weight is 500 g/mol. The van der Waals surface area contributed by atoms with Gasteiger partial charge >= 0.3 is 0 Å². The molecule has 2 aliphatic carbocycles. The van der Waals surface area contributed by atoms with E-state index < -0.39 is 24.2 Å². The number of nitrogens with zero attached hydrogens (tertiary/aromatic N) is 3. The highest BCUT2D eigenvalue weighted by Gasteiger charge is 2.42. The minimum atomic E-state index is -1.33. The van der Waals surface area contributed by atoms with Gasteiger partial charge in [-0.25, -0.2) is 14.4 Å². The Balaban J connectivity index is 1.45. The molecule has 0 aromatic rings. The molecule has 2 N–H and O–H groups in total. The van der Waals surface area contributed by atoms with Crippen LogP contribution in [0, 0.1) is 11.3 Å². The van der Waals surface area contributed by atoms with E-state index in [-0.39, 0.29) is 41.3 Å². The Morgan fingerprint density at radius 1 is 1.19 bits per heavy atom. The molecule has 0 bridgehead atoms. The smallest absolute Gasteiger partial charge is 0.243 e. The molecule has 4 rings (SSSR count). The average Bonchev–Trinajstić information content (AvgIpc) is 3.28. The fraction of sp³-hybridized carbons (Fsp3) is 0.667. The molecule has 4 atom stereocenters. The van der Waals surface area contributed by atoms with Crippen LogP contribution in [0.25, 0.3) is 0 Å². The van der Waals surface area contributed by atoms with Gasteiger partial charge in [-0.1, -0.05) is 26.8 Å². The molecular weight excluding hydrogens is 461 g/mol. The molecule has 0 aromatic heterocycles. The van der Waals surface area contributed by atoms with Crippen molar-refractivity contribution in [1.29, 1.82) is 0 Å². The number of alkyl halides is 1. The van der Waals surface area contributed by atoms with Crippen molar-refractivity contribution in [1.82, 2.24) is 15.5 Å². The highest BCUT2D eigenvalue weighted by atomic mass is 19.1. The number of aliphatic imine (C=N–C) groups is 2. The minimum absolute atomic E-state index is 0.0977. The first-order valence-corrected chi connectivity index (χ1v) is 13.2. The Labute approximate surface area is 212 Å². The van der Waals surface area contributed by atoms with Gasteiger partial charge in [-0.05, 0) is 63.0 Å². The van der Waals surface area contributed by atoms with Crippen LogP contribution in [0.5, 0.6) is 0 Å². The number of rotatable bonds is 8. The van der Waals surface area contributed by atoms with Crippen LogP contribution in [-0.2, 0) is 14.4 Å². The molecule has 1 saturated heterocycles. The van der Waals surface area contributed by atoms with E-state index in [4.69, 9.17) is 0 Å². The molecule has 0 radical (unpaired) electrons. The van der Waals surface area contributed by atoms with E-state index in [0.717, 1.165) is 38.5 Å². The van der Waals surface area contributed by atoms with Crippen LogP contribution in [0.1, 0.15) is 72.6 Å². The van der Waals surface area contributed by atoms with Gasteiger partial charge in [0, 0.05) is 18.5 Å². The molecule has 1 unspecified atom stereocenters. The van der Waals surface area contributed by atoms with Gasteiger partial charge in [-0.3, -0.25) is 14.4 Å². The summed E-state index contributed by atoms with van der Waals surface area (Å²) < 4.78 is 14.2. The molecule has 3 amide bonds. The molecule has 1 saturated carbocycles. The fourth-order valence-electron chi connectivity index (χ4n) is 5.62. The fourth-order valence-corrected chi connectivity index (χ4v) is 5.62. The van der Waals surface area contributed by atoms with E-state index in [0.29, 0.717) is 18.1 Å². The Morgan fingerprint density at radius 2 is 1.94 bits per heavy atom. The van der Waals surface area contributed by atoms with Crippen LogP contribution in [0.2, 0.25) is 0 Å². The second-order valence-corrected chi connectivity index (χ2v) is 11.2. The number of likely N-dealkylation sites (tertiary alicyclic amines) is 1. The van der Waals surface area contributed by atoms with Gasteiger partial charge in [0.05, 0.1) is 18.2 Å². The number of amides is 3.